The number of anilines is 2. The van der Waals surface area contributed by atoms with Crippen LogP contribution < -0.4 is 16.0 Å². The lowest BCUT2D eigenvalue weighted by Gasteiger charge is -2.20. The van der Waals surface area contributed by atoms with Crippen molar-refractivity contribution in [1.29, 1.82) is 0 Å². The number of fused-ring (bicyclic) bond motifs is 1. The minimum Gasteiger partial charge on any atom is -0.385 e. The molecule has 0 aliphatic carbocycles. The molecule has 3 N–H and O–H groups in total. The van der Waals surface area contributed by atoms with Gasteiger partial charge in [0.2, 0.25) is 5.91 Å². The van der Waals surface area contributed by atoms with Crippen LogP contribution in [0.4, 0.5) is 11.4 Å². The zero-order valence-electron chi connectivity index (χ0n) is 11.8. The van der Waals surface area contributed by atoms with Crippen molar-refractivity contribution in [2.24, 2.45) is 5.92 Å². The number of hydrogen-bond acceptors (Lipinski definition) is 3. The Morgan fingerprint density at radius 3 is 2.89 bits per heavy atom. The highest BCUT2D eigenvalue weighted by atomic mass is 16.1. The standard InChI is InChI=1S/C15H23N3O/c1-3-11(9-16-2)10-17-13-5-6-14-12(8-13)4-7-15(19)18-14/h5-6,8,11,16-17H,3-4,7,9-10H2,1-2H3,(H,18,19). The molecular weight excluding hydrogens is 238 g/mol. The molecule has 0 aromatic heterocycles. The van der Waals surface area contributed by atoms with Crippen LogP contribution in [0.3, 0.4) is 0 Å². The molecule has 104 valence electrons. The monoisotopic (exact) mass is 261 g/mol. The maximum absolute atomic E-state index is 11.3. The predicted octanol–water partition coefficient (Wildman–Crippen LogP) is 2.23. The van der Waals surface area contributed by atoms with Crippen LogP contribution in [-0.2, 0) is 11.2 Å². The van der Waals surface area contributed by atoms with E-state index in [0.29, 0.717) is 12.3 Å². The molecule has 0 fully saturated rings. The lowest BCUT2D eigenvalue weighted by molar-refractivity contribution is -0.116. The highest BCUT2D eigenvalue weighted by Crippen LogP contribution is 2.25. The summed E-state index contributed by atoms with van der Waals surface area (Å²) in [6.07, 6.45) is 2.59. The van der Waals surface area contributed by atoms with Crippen LogP contribution >= 0.6 is 0 Å². The van der Waals surface area contributed by atoms with E-state index in [-0.39, 0.29) is 5.91 Å². The molecule has 1 atom stereocenters. The molecule has 0 saturated carbocycles. The molecule has 1 aromatic rings. The van der Waals surface area contributed by atoms with Crippen molar-refractivity contribution in [3.8, 4) is 0 Å². The van der Waals surface area contributed by atoms with Gasteiger partial charge >= 0.3 is 0 Å². The van der Waals surface area contributed by atoms with Crippen molar-refractivity contribution in [2.75, 3.05) is 30.8 Å². The number of aryl methyl sites for hydroxylation is 1. The van der Waals surface area contributed by atoms with Crippen molar-refractivity contribution in [2.45, 2.75) is 26.2 Å². The molecule has 0 bridgehead atoms. The van der Waals surface area contributed by atoms with Gasteiger partial charge < -0.3 is 16.0 Å². The summed E-state index contributed by atoms with van der Waals surface area (Å²) < 4.78 is 0. The third-order valence-corrected chi connectivity index (χ3v) is 3.67. The van der Waals surface area contributed by atoms with Crippen molar-refractivity contribution in [3.63, 3.8) is 0 Å². The van der Waals surface area contributed by atoms with Crippen LogP contribution in [0, 0.1) is 5.92 Å². The highest BCUT2D eigenvalue weighted by Gasteiger charge is 2.14. The first kappa shape index (κ1) is 13.9. The Bertz CT molecular complexity index is 445. The van der Waals surface area contributed by atoms with Crippen molar-refractivity contribution in [1.82, 2.24) is 5.32 Å². The molecule has 1 aliphatic rings. The average molecular weight is 261 g/mol. The Hall–Kier alpha value is -1.55. The SMILES string of the molecule is CCC(CNC)CNc1ccc2c(c1)CCC(=O)N2. The van der Waals surface area contributed by atoms with Crippen LogP contribution in [0.5, 0.6) is 0 Å². The topological polar surface area (TPSA) is 53.2 Å². The lowest BCUT2D eigenvalue weighted by Crippen LogP contribution is -2.25. The minimum absolute atomic E-state index is 0.119. The van der Waals surface area contributed by atoms with Crippen molar-refractivity contribution >= 4 is 17.3 Å². The van der Waals surface area contributed by atoms with Gasteiger partial charge in [-0.05, 0) is 49.7 Å². The highest BCUT2D eigenvalue weighted by molar-refractivity contribution is 5.94. The summed E-state index contributed by atoms with van der Waals surface area (Å²) in [6, 6.07) is 6.19. The quantitative estimate of drug-likeness (QED) is 0.736. The second-order valence-electron chi connectivity index (χ2n) is 5.13. The van der Waals surface area contributed by atoms with Gasteiger partial charge in [0, 0.05) is 24.3 Å². The average Bonchev–Trinajstić information content (AvgIpc) is 2.43. The summed E-state index contributed by atoms with van der Waals surface area (Å²) in [4.78, 5) is 11.3. The number of rotatable bonds is 6. The fourth-order valence-electron chi connectivity index (χ4n) is 2.41. The predicted molar refractivity (Wildman–Crippen MR) is 79.6 cm³/mol. The van der Waals surface area contributed by atoms with E-state index >= 15 is 0 Å². The molecule has 1 unspecified atom stereocenters. The maximum Gasteiger partial charge on any atom is 0.224 e. The molecule has 1 aromatic carbocycles. The largest absolute Gasteiger partial charge is 0.385 e. The van der Waals surface area contributed by atoms with E-state index in [9.17, 15) is 4.79 Å². The number of carbonyl (C=O) groups excluding carboxylic acids is 1. The Morgan fingerprint density at radius 2 is 2.16 bits per heavy atom. The third-order valence-electron chi connectivity index (χ3n) is 3.67. The van der Waals surface area contributed by atoms with Crippen LogP contribution in [0.15, 0.2) is 18.2 Å². The van der Waals surface area contributed by atoms with E-state index < -0.39 is 0 Å². The van der Waals surface area contributed by atoms with Gasteiger partial charge in [0.25, 0.3) is 0 Å². The number of carbonyl (C=O) groups is 1. The van der Waals surface area contributed by atoms with Crippen molar-refractivity contribution in [3.05, 3.63) is 23.8 Å². The second-order valence-corrected chi connectivity index (χ2v) is 5.13. The third kappa shape index (κ3) is 3.70. The summed E-state index contributed by atoms with van der Waals surface area (Å²) in [6.45, 7) is 4.22. The Kier molecular flexibility index (Phi) is 4.80. The van der Waals surface area contributed by atoms with E-state index in [0.717, 1.165) is 37.3 Å². The van der Waals surface area contributed by atoms with Gasteiger partial charge in [-0.25, -0.2) is 0 Å². The van der Waals surface area contributed by atoms with Crippen molar-refractivity contribution < 1.29 is 4.79 Å². The second kappa shape index (κ2) is 6.57. The van der Waals surface area contributed by atoms with Gasteiger partial charge in [0.15, 0.2) is 0 Å². The van der Waals surface area contributed by atoms with E-state index in [1.807, 2.05) is 19.2 Å². The molecule has 1 aliphatic heterocycles. The molecule has 1 amide bonds. The Balaban J connectivity index is 1.96. The maximum atomic E-state index is 11.3. The number of nitrogens with one attached hydrogen (secondary N) is 3. The smallest absolute Gasteiger partial charge is 0.224 e. The Morgan fingerprint density at radius 1 is 1.32 bits per heavy atom. The normalized spacial score (nSPS) is 15.6. The first-order valence-corrected chi connectivity index (χ1v) is 7.04. The zero-order chi connectivity index (χ0) is 13.7. The molecule has 4 nitrogen and oxygen atoms in total. The van der Waals surface area contributed by atoms with E-state index in [1.54, 1.807) is 0 Å². The van der Waals surface area contributed by atoms with Crippen LogP contribution in [0.1, 0.15) is 25.3 Å². The van der Waals surface area contributed by atoms with Gasteiger partial charge in [-0.1, -0.05) is 13.3 Å². The summed E-state index contributed by atoms with van der Waals surface area (Å²) in [5.74, 6) is 0.758. The van der Waals surface area contributed by atoms with Crippen LogP contribution in [0.25, 0.3) is 0 Å². The summed E-state index contributed by atoms with van der Waals surface area (Å²) >= 11 is 0. The van der Waals surface area contributed by atoms with Gasteiger partial charge in [0.05, 0.1) is 0 Å². The van der Waals surface area contributed by atoms with E-state index in [4.69, 9.17) is 0 Å². The molecule has 1 heterocycles. The first-order chi connectivity index (χ1) is 9.22. The molecular formula is C15H23N3O. The summed E-state index contributed by atoms with van der Waals surface area (Å²) in [5, 5.41) is 9.62. The van der Waals surface area contributed by atoms with E-state index in [2.05, 4.69) is 28.9 Å². The number of amides is 1. The van der Waals surface area contributed by atoms with Gasteiger partial charge in [-0.15, -0.1) is 0 Å². The van der Waals surface area contributed by atoms with Gasteiger partial charge in [0.1, 0.15) is 0 Å². The van der Waals surface area contributed by atoms with Crippen LogP contribution in [0.2, 0.25) is 0 Å². The van der Waals surface area contributed by atoms with Gasteiger partial charge in [-0.2, -0.15) is 0 Å². The molecule has 4 heteroatoms. The summed E-state index contributed by atoms with van der Waals surface area (Å²) in [5.41, 5.74) is 3.33. The summed E-state index contributed by atoms with van der Waals surface area (Å²) in [7, 11) is 1.99. The minimum atomic E-state index is 0.119. The number of benzene rings is 1. The molecule has 19 heavy (non-hydrogen) atoms. The zero-order valence-corrected chi connectivity index (χ0v) is 11.8. The van der Waals surface area contributed by atoms with Crippen LogP contribution in [-0.4, -0.2) is 26.0 Å². The fourth-order valence-corrected chi connectivity index (χ4v) is 2.41. The molecule has 0 radical (unpaired) electrons. The Labute approximate surface area is 115 Å². The molecule has 0 saturated heterocycles. The fraction of sp³-hybridized carbons (Fsp3) is 0.533. The molecule has 0 spiro atoms. The lowest BCUT2D eigenvalue weighted by atomic mass is 10.0. The van der Waals surface area contributed by atoms with E-state index in [1.165, 1.54) is 5.56 Å². The number of hydrogen-bond donors (Lipinski definition) is 3. The van der Waals surface area contributed by atoms with Gasteiger partial charge in [-0.3, -0.25) is 4.79 Å². The molecule has 2 rings (SSSR count). The first-order valence-electron chi connectivity index (χ1n) is 7.04.